The van der Waals surface area contributed by atoms with E-state index < -0.39 is 6.29 Å². The molecule has 2 rings (SSSR count). The molecule has 2 saturated heterocycles. The van der Waals surface area contributed by atoms with Gasteiger partial charge in [0.1, 0.15) is 12.2 Å². The number of rotatable bonds is 11. The molecule has 0 radical (unpaired) electrons. The van der Waals surface area contributed by atoms with Gasteiger partial charge in [0.05, 0.1) is 26.4 Å². The maximum absolute atomic E-state index is 8.11. The van der Waals surface area contributed by atoms with Crippen molar-refractivity contribution in [2.24, 2.45) is 0 Å². The SMILES string of the molecule is C(CCOCC1CO1)COCC1CO1.CCCC(O)O. The van der Waals surface area contributed by atoms with Crippen LogP contribution in [-0.4, -0.2) is 68.4 Å². The molecule has 0 bridgehead atoms. The zero-order chi connectivity index (χ0) is 14.6. The van der Waals surface area contributed by atoms with Gasteiger partial charge in [-0.2, -0.15) is 0 Å². The van der Waals surface area contributed by atoms with Crippen LogP contribution in [0.5, 0.6) is 0 Å². The number of unbranched alkanes of at least 4 members (excludes halogenated alkanes) is 1. The molecule has 0 aromatic carbocycles. The molecule has 2 N–H and O–H groups in total. The van der Waals surface area contributed by atoms with E-state index in [1.165, 1.54) is 0 Å². The third kappa shape index (κ3) is 12.8. The summed E-state index contributed by atoms with van der Waals surface area (Å²) in [6, 6.07) is 0. The second-order valence-corrected chi connectivity index (χ2v) is 5.04. The summed E-state index contributed by atoms with van der Waals surface area (Å²) in [6.07, 6.45) is 3.13. The number of aliphatic hydroxyl groups is 2. The molecule has 6 heteroatoms. The Bertz CT molecular complexity index is 198. The molecule has 120 valence electrons. The van der Waals surface area contributed by atoms with Crippen LogP contribution in [0.4, 0.5) is 0 Å². The molecule has 2 aliphatic rings. The summed E-state index contributed by atoms with van der Waals surface area (Å²) in [5.41, 5.74) is 0. The van der Waals surface area contributed by atoms with Crippen LogP contribution in [0, 0.1) is 0 Å². The summed E-state index contributed by atoms with van der Waals surface area (Å²) in [7, 11) is 0. The predicted molar refractivity (Wildman–Crippen MR) is 73.5 cm³/mol. The summed E-state index contributed by atoms with van der Waals surface area (Å²) >= 11 is 0. The highest BCUT2D eigenvalue weighted by Gasteiger charge is 2.22. The van der Waals surface area contributed by atoms with Crippen LogP contribution >= 0.6 is 0 Å². The second-order valence-electron chi connectivity index (χ2n) is 5.04. The highest BCUT2D eigenvalue weighted by Crippen LogP contribution is 2.09. The van der Waals surface area contributed by atoms with Crippen LogP contribution in [0.25, 0.3) is 0 Å². The molecule has 2 fully saturated rings. The van der Waals surface area contributed by atoms with Gasteiger partial charge in [0, 0.05) is 13.2 Å². The van der Waals surface area contributed by atoms with Gasteiger partial charge in [-0.05, 0) is 19.3 Å². The van der Waals surface area contributed by atoms with Gasteiger partial charge < -0.3 is 29.2 Å². The van der Waals surface area contributed by atoms with Crippen LogP contribution in [-0.2, 0) is 18.9 Å². The van der Waals surface area contributed by atoms with E-state index in [1.54, 1.807) is 0 Å². The van der Waals surface area contributed by atoms with Gasteiger partial charge in [-0.1, -0.05) is 13.3 Å². The third-order valence-electron chi connectivity index (χ3n) is 2.79. The van der Waals surface area contributed by atoms with Crippen molar-refractivity contribution in [2.45, 2.75) is 51.1 Å². The molecule has 0 amide bonds. The van der Waals surface area contributed by atoms with E-state index in [1.807, 2.05) is 6.92 Å². The number of hydrogen-bond acceptors (Lipinski definition) is 6. The lowest BCUT2D eigenvalue weighted by molar-refractivity contribution is -0.0453. The normalized spacial score (nSPS) is 23.4. The highest BCUT2D eigenvalue weighted by molar-refractivity contribution is 4.67. The fraction of sp³-hybridized carbons (Fsp3) is 1.00. The molecule has 0 aromatic rings. The second kappa shape index (κ2) is 11.4. The molecular weight excluding hydrogens is 264 g/mol. The van der Waals surface area contributed by atoms with Crippen molar-refractivity contribution in [1.29, 1.82) is 0 Å². The van der Waals surface area contributed by atoms with Gasteiger partial charge in [-0.25, -0.2) is 0 Å². The predicted octanol–water partition coefficient (Wildman–Crippen LogP) is 0.695. The average molecular weight is 292 g/mol. The van der Waals surface area contributed by atoms with Crippen molar-refractivity contribution < 1.29 is 29.2 Å². The minimum atomic E-state index is -1.10. The maximum Gasteiger partial charge on any atom is 0.151 e. The maximum atomic E-state index is 8.11. The molecule has 0 aromatic heterocycles. The number of hydrogen-bond donors (Lipinski definition) is 2. The van der Waals surface area contributed by atoms with E-state index in [0.29, 0.717) is 18.6 Å². The first kappa shape index (κ1) is 17.8. The van der Waals surface area contributed by atoms with E-state index >= 15 is 0 Å². The Balaban J connectivity index is 0.000000286. The molecule has 2 heterocycles. The molecule has 20 heavy (non-hydrogen) atoms. The molecule has 2 unspecified atom stereocenters. The minimum Gasteiger partial charge on any atom is -0.379 e. The van der Waals surface area contributed by atoms with E-state index in [0.717, 1.165) is 58.9 Å². The van der Waals surface area contributed by atoms with Gasteiger partial charge in [-0.3, -0.25) is 0 Å². The summed E-state index contributed by atoms with van der Waals surface area (Å²) in [6.45, 7) is 6.83. The van der Waals surface area contributed by atoms with Crippen molar-refractivity contribution in [3.05, 3.63) is 0 Å². The Labute approximate surface area is 121 Å². The van der Waals surface area contributed by atoms with E-state index in [2.05, 4.69) is 0 Å². The first-order valence-electron chi connectivity index (χ1n) is 7.47. The lowest BCUT2D eigenvalue weighted by atomic mass is 10.3. The third-order valence-corrected chi connectivity index (χ3v) is 2.79. The Hall–Kier alpha value is -0.240. The lowest BCUT2D eigenvalue weighted by Crippen LogP contribution is -2.05. The van der Waals surface area contributed by atoms with E-state index in [-0.39, 0.29) is 0 Å². The smallest absolute Gasteiger partial charge is 0.151 e. The van der Waals surface area contributed by atoms with Crippen molar-refractivity contribution in [3.8, 4) is 0 Å². The largest absolute Gasteiger partial charge is 0.379 e. The molecule has 2 aliphatic heterocycles. The summed E-state index contributed by atoms with van der Waals surface area (Å²) in [5, 5.41) is 16.2. The number of epoxide rings is 2. The van der Waals surface area contributed by atoms with Crippen LogP contribution in [0.15, 0.2) is 0 Å². The standard InChI is InChI=1S/C10H18O4.C4H10O2/c1(3-11-5-9-7-13-9)2-4-12-6-10-8-14-10;1-2-3-4(5)6/h9-10H,1-8H2;4-6H,2-3H2,1H3. The van der Waals surface area contributed by atoms with Crippen molar-refractivity contribution in [2.75, 3.05) is 39.6 Å². The van der Waals surface area contributed by atoms with Crippen LogP contribution < -0.4 is 0 Å². The zero-order valence-electron chi connectivity index (χ0n) is 12.3. The molecule has 2 atom stereocenters. The molecule has 0 saturated carbocycles. The Kier molecular flexibility index (Phi) is 10.2. The number of ether oxygens (including phenoxy) is 4. The van der Waals surface area contributed by atoms with E-state index in [4.69, 9.17) is 29.2 Å². The van der Waals surface area contributed by atoms with Crippen LogP contribution in [0.1, 0.15) is 32.6 Å². The lowest BCUT2D eigenvalue weighted by Gasteiger charge is -2.03. The zero-order valence-corrected chi connectivity index (χ0v) is 12.3. The Morgan fingerprint density at radius 1 is 1.00 bits per heavy atom. The highest BCUT2D eigenvalue weighted by atomic mass is 16.6. The first-order valence-corrected chi connectivity index (χ1v) is 7.47. The van der Waals surface area contributed by atoms with Crippen molar-refractivity contribution >= 4 is 0 Å². The fourth-order valence-electron chi connectivity index (χ4n) is 1.42. The topological polar surface area (TPSA) is 84.0 Å². The summed E-state index contributed by atoms with van der Waals surface area (Å²) < 4.78 is 20.8. The summed E-state index contributed by atoms with van der Waals surface area (Å²) in [5.74, 6) is 0. The number of aliphatic hydroxyl groups excluding tert-OH is 1. The van der Waals surface area contributed by atoms with Crippen LogP contribution in [0.2, 0.25) is 0 Å². The van der Waals surface area contributed by atoms with Gasteiger partial charge in [-0.15, -0.1) is 0 Å². The average Bonchev–Trinajstić information content (AvgIpc) is 3.26. The molecule has 0 spiro atoms. The first-order chi connectivity index (χ1) is 9.72. The van der Waals surface area contributed by atoms with Crippen molar-refractivity contribution in [3.63, 3.8) is 0 Å². The quantitative estimate of drug-likeness (QED) is 0.331. The van der Waals surface area contributed by atoms with Gasteiger partial charge >= 0.3 is 0 Å². The van der Waals surface area contributed by atoms with Gasteiger partial charge in [0.15, 0.2) is 6.29 Å². The Morgan fingerprint density at radius 3 is 1.70 bits per heavy atom. The van der Waals surface area contributed by atoms with Crippen LogP contribution in [0.3, 0.4) is 0 Å². The molecular formula is C14H28O6. The van der Waals surface area contributed by atoms with Gasteiger partial charge in [0.25, 0.3) is 0 Å². The minimum absolute atomic E-state index is 0.387. The fourth-order valence-corrected chi connectivity index (χ4v) is 1.42. The Morgan fingerprint density at radius 2 is 1.45 bits per heavy atom. The monoisotopic (exact) mass is 292 g/mol. The molecule has 0 aliphatic carbocycles. The summed E-state index contributed by atoms with van der Waals surface area (Å²) in [4.78, 5) is 0. The molecule has 6 nitrogen and oxygen atoms in total. The van der Waals surface area contributed by atoms with Crippen molar-refractivity contribution in [1.82, 2.24) is 0 Å². The van der Waals surface area contributed by atoms with Gasteiger partial charge in [0.2, 0.25) is 0 Å². The van der Waals surface area contributed by atoms with E-state index in [9.17, 15) is 0 Å².